The zero-order valence-electron chi connectivity index (χ0n) is 4.36. The molecule has 1 unspecified atom stereocenters. The first-order valence-electron chi connectivity index (χ1n) is 2.10. The minimum atomic E-state index is -3.08. The van der Waals surface area contributed by atoms with E-state index in [1.807, 2.05) is 0 Å². The fourth-order valence-corrected chi connectivity index (χ4v) is 7.36. The van der Waals surface area contributed by atoms with Gasteiger partial charge in [-0.1, -0.05) is 0 Å². The standard InChI is InChI=1S/C3H6Cl4OTe/c4-3(1-8)2-9(5,6)7/h3,8H,1-2H2. The number of hydrogen-bond acceptors (Lipinski definition) is 1. The van der Waals surface area contributed by atoms with Gasteiger partial charge >= 0.3 is 74.9 Å². The molecule has 0 rings (SSSR count). The fraction of sp³-hybridized carbons (Fsp3) is 1.00. The van der Waals surface area contributed by atoms with Crippen LogP contribution < -0.4 is 0 Å². The molecule has 0 aromatic heterocycles. The molecule has 0 fully saturated rings. The maximum absolute atomic E-state index is 8.42. The van der Waals surface area contributed by atoms with Crippen molar-refractivity contribution in [2.75, 3.05) is 6.61 Å². The molecule has 1 nitrogen and oxygen atoms in total. The fourth-order valence-electron chi connectivity index (χ4n) is 0.258. The van der Waals surface area contributed by atoms with Gasteiger partial charge < -0.3 is 0 Å². The van der Waals surface area contributed by atoms with E-state index < -0.39 is 20.2 Å². The number of halogens is 4. The van der Waals surface area contributed by atoms with Gasteiger partial charge in [-0.2, -0.15) is 0 Å². The van der Waals surface area contributed by atoms with Crippen LogP contribution in [0.3, 0.4) is 0 Å². The Morgan fingerprint density at radius 2 is 1.78 bits per heavy atom. The van der Waals surface area contributed by atoms with E-state index in [9.17, 15) is 0 Å². The molecule has 6 heteroatoms. The molecular weight excluding hydrogens is 321 g/mol. The number of rotatable bonds is 3. The van der Waals surface area contributed by atoms with Crippen LogP contribution in [-0.2, 0) is 0 Å². The summed E-state index contributed by atoms with van der Waals surface area (Å²) in [4.78, 5) is 0. The molecule has 0 saturated heterocycles. The summed E-state index contributed by atoms with van der Waals surface area (Å²) in [7, 11) is 16.6. The van der Waals surface area contributed by atoms with Crippen LogP contribution >= 0.6 is 38.5 Å². The van der Waals surface area contributed by atoms with Gasteiger partial charge in [0, 0.05) is 0 Å². The van der Waals surface area contributed by atoms with Crippen LogP contribution in [0.15, 0.2) is 0 Å². The van der Waals surface area contributed by atoms with Gasteiger partial charge in [-0.15, -0.1) is 0 Å². The first-order chi connectivity index (χ1) is 3.95. The predicted molar refractivity (Wildman–Crippen MR) is 44.8 cm³/mol. The molecule has 0 aromatic rings. The Morgan fingerprint density at radius 1 is 1.33 bits per heavy atom. The summed E-state index contributed by atoms with van der Waals surface area (Å²) >= 11 is 2.41. The number of alkyl halides is 1. The van der Waals surface area contributed by atoms with Crippen molar-refractivity contribution < 1.29 is 5.11 Å². The summed E-state index contributed by atoms with van der Waals surface area (Å²) in [5.74, 6) is 0. The topological polar surface area (TPSA) is 20.2 Å². The number of aliphatic hydroxyl groups excluding tert-OH is 1. The molecular formula is C3H6Cl4OTe. The Balaban J connectivity index is 3.47. The van der Waals surface area contributed by atoms with Crippen LogP contribution in [-0.4, -0.2) is 31.9 Å². The van der Waals surface area contributed by atoms with Crippen molar-refractivity contribution in [3.63, 3.8) is 0 Å². The van der Waals surface area contributed by atoms with E-state index >= 15 is 0 Å². The van der Waals surface area contributed by atoms with E-state index in [0.717, 1.165) is 0 Å². The minimum absolute atomic E-state index is 0.124. The van der Waals surface area contributed by atoms with Crippen LogP contribution in [0, 0.1) is 0 Å². The van der Waals surface area contributed by atoms with Crippen LogP contribution in [0.4, 0.5) is 0 Å². The van der Waals surface area contributed by atoms with Crippen LogP contribution in [0.5, 0.6) is 0 Å². The Hall–Kier alpha value is 1.91. The zero-order chi connectivity index (χ0) is 7.49. The number of aliphatic hydroxyl groups is 1. The summed E-state index contributed by atoms with van der Waals surface area (Å²) in [5, 5.41) is 8.03. The van der Waals surface area contributed by atoms with Crippen LogP contribution in [0.25, 0.3) is 0 Å². The molecule has 0 aliphatic rings. The maximum atomic E-state index is 8.42. The summed E-state index contributed by atoms with van der Waals surface area (Å²) in [6.07, 6.45) is 0. The van der Waals surface area contributed by atoms with Crippen LogP contribution in [0.2, 0.25) is 4.47 Å². The molecule has 0 aliphatic carbocycles. The molecule has 1 N–H and O–H groups in total. The van der Waals surface area contributed by atoms with Crippen molar-refractivity contribution in [1.82, 2.24) is 0 Å². The van der Waals surface area contributed by atoms with Crippen molar-refractivity contribution in [1.29, 1.82) is 0 Å². The Bertz CT molecular complexity index is 82.4. The molecule has 1 atom stereocenters. The number of hydrogen-bond donors (Lipinski definition) is 1. The molecule has 0 aromatic carbocycles. The molecule has 0 heterocycles. The molecule has 58 valence electrons. The van der Waals surface area contributed by atoms with Gasteiger partial charge in [-0.05, 0) is 0 Å². The van der Waals surface area contributed by atoms with Gasteiger partial charge in [0.2, 0.25) is 0 Å². The third kappa shape index (κ3) is 7.81. The van der Waals surface area contributed by atoms with Gasteiger partial charge in [0.25, 0.3) is 0 Å². The van der Waals surface area contributed by atoms with Crippen molar-refractivity contribution in [2.45, 2.75) is 9.85 Å². The van der Waals surface area contributed by atoms with E-state index in [2.05, 4.69) is 0 Å². The van der Waals surface area contributed by atoms with Gasteiger partial charge in [-0.3, -0.25) is 0 Å². The Kier molecular flexibility index (Phi) is 5.72. The average Bonchev–Trinajstić information content (AvgIpc) is 1.62. The molecule has 0 amide bonds. The van der Waals surface area contributed by atoms with E-state index in [0.29, 0.717) is 4.47 Å². The second-order valence-corrected chi connectivity index (χ2v) is 19.7. The van der Waals surface area contributed by atoms with E-state index in [-0.39, 0.29) is 6.61 Å². The van der Waals surface area contributed by atoms with Crippen LogP contribution in [0.1, 0.15) is 0 Å². The third-order valence-corrected chi connectivity index (χ3v) is 6.20. The van der Waals surface area contributed by atoms with E-state index in [4.69, 9.17) is 43.6 Å². The van der Waals surface area contributed by atoms with Crippen molar-refractivity contribution in [3.8, 4) is 0 Å². The zero-order valence-corrected chi connectivity index (χ0v) is 9.71. The second-order valence-electron chi connectivity index (χ2n) is 1.45. The van der Waals surface area contributed by atoms with Gasteiger partial charge in [0.1, 0.15) is 0 Å². The van der Waals surface area contributed by atoms with Gasteiger partial charge in [0.15, 0.2) is 0 Å². The summed E-state index contributed by atoms with van der Waals surface area (Å²) < 4.78 is 0.352. The third-order valence-electron chi connectivity index (χ3n) is 0.568. The SMILES string of the molecule is OCC(Cl)C[Te](Cl)(Cl)Cl. The van der Waals surface area contributed by atoms with E-state index in [1.165, 1.54) is 0 Å². The monoisotopic (exact) mass is 328 g/mol. The first kappa shape index (κ1) is 10.9. The Morgan fingerprint density at radius 3 is 1.89 bits per heavy atom. The molecule has 0 saturated carbocycles. The van der Waals surface area contributed by atoms with Gasteiger partial charge in [-0.25, -0.2) is 0 Å². The van der Waals surface area contributed by atoms with E-state index in [1.54, 1.807) is 0 Å². The molecule has 0 bridgehead atoms. The van der Waals surface area contributed by atoms with Crippen molar-refractivity contribution >= 4 is 53.3 Å². The molecule has 9 heavy (non-hydrogen) atoms. The van der Waals surface area contributed by atoms with Crippen molar-refractivity contribution in [2.24, 2.45) is 0 Å². The quantitative estimate of drug-likeness (QED) is 0.623. The van der Waals surface area contributed by atoms with Gasteiger partial charge in [0.05, 0.1) is 0 Å². The molecule has 0 aliphatic heterocycles. The normalized spacial score (nSPS) is 17.4. The summed E-state index contributed by atoms with van der Waals surface area (Å²) in [6, 6.07) is 0. The van der Waals surface area contributed by atoms with Crippen molar-refractivity contribution in [3.05, 3.63) is 0 Å². The summed E-state index contributed by atoms with van der Waals surface area (Å²) in [6.45, 7) is -0.124. The second kappa shape index (κ2) is 4.72. The predicted octanol–water partition coefficient (Wildman–Crippen LogP) is 2.24. The summed E-state index contributed by atoms with van der Waals surface area (Å²) in [5.41, 5.74) is 0. The molecule has 0 spiro atoms. The first-order valence-corrected chi connectivity index (χ1v) is 13.0. The molecule has 0 radical (unpaired) electrons. The Labute approximate surface area is 74.2 Å². The average molecular weight is 327 g/mol.